The first-order chi connectivity index (χ1) is 13.5. The van der Waals surface area contributed by atoms with Crippen molar-refractivity contribution in [2.75, 3.05) is 39.0 Å². The topological polar surface area (TPSA) is 79.0 Å². The summed E-state index contributed by atoms with van der Waals surface area (Å²) in [7, 11) is -0.986. The van der Waals surface area contributed by atoms with Gasteiger partial charge in [0, 0.05) is 53.7 Å². The summed E-state index contributed by atoms with van der Waals surface area (Å²) in [4.78, 5) is 28.6. The number of nitrogens with one attached hydrogen (secondary N) is 1. The van der Waals surface area contributed by atoms with Crippen LogP contribution in [0.1, 0.15) is 12.0 Å². The number of carbonyl (C=O) groups excluding carboxylic acids is 2. The van der Waals surface area contributed by atoms with Crippen molar-refractivity contribution in [2.24, 2.45) is 5.92 Å². The largest absolute Gasteiger partial charge is 0.366 e. The lowest BCUT2D eigenvalue weighted by atomic mass is 9.99. The van der Waals surface area contributed by atoms with Crippen LogP contribution < -0.4 is 5.32 Å². The SMILES string of the molecule is CS(=O)c1ccc(C#CC2CN(C(=O)N3CC[C@@H]4OCC(=O)N[C@@H]4C3)C2)cc1. The summed E-state index contributed by atoms with van der Waals surface area (Å²) in [6.45, 7) is 2.49. The minimum absolute atomic E-state index is 0.00565. The molecule has 1 N–H and O–H groups in total. The maximum Gasteiger partial charge on any atom is 0.320 e. The fraction of sp³-hybridized carbons (Fsp3) is 0.500. The molecule has 1 aromatic carbocycles. The Morgan fingerprint density at radius 3 is 2.68 bits per heavy atom. The minimum atomic E-state index is -0.986. The molecule has 4 rings (SSSR count). The molecule has 0 bridgehead atoms. The standard InChI is InChI=1S/C20H23N3O4S/c1-28(26)16-6-4-14(5-7-16)2-3-15-10-23(11-15)20(25)22-9-8-18-17(12-22)21-19(24)13-27-18/h4-7,15,17-18H,8-13H2,1H3,(H,21,24)/t17-,18+,28?/m1/s1. The average molecular weight is 401 g/mol. The van der Waals surface area contributed by atoms with Crippen molar-refractivity contribution in [2.45, 2.75) is 23.5 Å². The molecule has 0 saturated carbocycles. The molecule has 28 heavy (non-hydrogen) atoms. The van der Waals surface area contributed by atoms with Gasteiger partial charge in [-0.25, -0.2) is 4.79 Å². The smallest absolute Gasteiger partial charge is 0.320 e. The Kier molecular flexibility index (Phi) is 5.38. The number of urea groups is 1. The highest BCUT2D eigenvalue weighted by Gasteiger charge is 2.39. The van der Waals surface area contributed by atoms with Crippen LogP contribution in [0, 0.1) is 17.8 Å². The second-order valence-corrected chi connectivity index (χ2v) is 8.77. The molecule has 3 heterocycles. The van der Waals surface area contributed by atoms with Crippen LogP contribution in [0.3, 0.4) is 0 Å². The molecular formula is C20H23N3O4S. The van der Waals surface area contributed by atoms with E-state index in [2.05, 4.69) is 17.2 Å². The van der Waals surface area contributed by atoms with Gasteiger partial charge in [0.1, 0.15) is 6.61 Å². The molecule has 3 aliphatic heterocycles. The lowest BCUT2D eigenvalue weighted by Crippen LogP contribution is -2.64. The molecule has 3 saturated heterocycles. The number of rotatable bonds is 1. The minimum Gasteiger partial charge on any atom is -0.366 e. The van der Waals surface area contributed by atoms with Gasteiger partial charge in [-0.2, -0.15) is 0 Å². The van der Waals surface area contributed by atoms with Gasteiger partial charge in [0.25, 0.3) is 0 Å². The summed E-state index contributed by atoms with van der Waals surface area (Å²) in [6, 6.07) is 7.29. The maximum absolute atomic E-state index is 12.7. The number of amides is 3. The number of piperidine rings is 1. The molecule has 0 radical (unpaired) electrons. The van der Waals surface area contributed by atoms with Crippen LogP contribution in [0.2, 0.25) is 0 Å². The number of hydrogen-bond donors (Lipinski definition) is 1. The second kappa shape index (κ2) is 7.94. The van der Waals surface area contributed by atoms with Crippen molar-refractivity contribution in [3.8, 4) is 11.8 Å². The van der Waals surface area contributed by atoms with E-state index >= 15 is 0 Å². The van der Waals surface area contributed by atoms with Gasteiger partial charge in [-0.05, 0) is 30.7 Å². The van der Waals surface area contributed by atoms with Gasteiger partial charge < -0.3 is 19.9 Å². The first-order valence-electron chi connectivity index (χ1n) is 9.39. The molecule has 0 aromatic heterocycles. The molecule has 3 amide bonds. The van der Waals surface area contributed by atoms with Crippen LogP contribution in [-0.2, 0) is 20.3 Å². The number of likely N-dealkylation sites (tertiary alicyclic amines) is 2. The number of benzene rings is 1. The number of ether oxygens (including phenoxy) is 1. The number of hydrogen-bond acceptors (Lipinski definition) is 4. The van der Waals surface area contributed by atoms with Crippen LogP contribution >= 0.6 is 0 Å². The predicted molar refractivity (Wildman–Crippen MR) is 104 cm³/mol. The van der Waals surface area contributed by atoms with Crippen molar-refractivity contribution in [1.29, 1.82) is 0 Å². The Balaban J connectivity index is 1.28. The van der Waals surface area contributed by atoms with E-state index < -0.39 is 10.8 Å². The van der Waals surface area contributed by atoms with Gasteiger partial charge >= 0.3 is 6.03 Å². The van der Waals surface area contributed by atoms with Gasteiger partial charge in [0.05, 0.1) is 18.1 Å². The van der Waals surface area contributed by atoms with E-state index in [1.54, 1.807) is 16.1 Å². The zero-order valence-electron chi connectivity index (χ0n) is 15.7. The highest BCUT2D eigenvalue weighted by Crippen LogP contribution is 2.22. The molecule has 148 valence electrons. The van der Waals surface area contributed by atoms with Crippen LogP contribution in [0.25, 0.3) is 0 Å². The van der Waals surface area contributed by atoms with Crippen molar-refractivity contribution in [3.05, 3.63) is 29.8 Å². The quantitative estimate of drug-likeness (QED) is 0.692. The third-order valence-electron chi connectivity index (χ3n) is 5.35. The Labute approximate surface area is 166 Å². The first-order valence-corrected chi connectivity index (χ1v) is 11.0. The van der Waals surface area contributed by atoms with Crippen LogP contribution in [0.5, 0.6) is 0 Å². The maximum atomic E-state index is 12.7. The molecule has 0 aliphatic carbocycles. The van der Waals surface area contributed by atoms with Crippen molar-refractivity contribution >= 4 is 22.7 Å². The van der Waals surface area contributed by atoms with Gasteiger partial charge in [-0.1, -0.05) is 11.8 Å². The highest BCUT2D eigenvalue weighted by atomic mass is 32.2. The fourth-order valence-corrected chi connectivity index (χ4v) is 4.23. The molecule has 3 fully saturated rings. The fourth-order valence-electron chi connectivity index (χ4n) is 3.71. The zero-order valence-corrected chi connectivity index (χ0v) is 16.5. The zero-order chi connectivity index (χ0) is 19.7. The summed E-state index contributed by atoms with van der Waals surface area (Å²) >= 11 is 0. The molecule has 1 aromatic rings. The Morgan fingerprint density at radius 1 is 1.21 bits per heavy atom. The van der Waals surface area contributed by atoms with E-state index in [4.69, 9.17) is 4.74 Å². The van der Waals surface area contributed by atoms with Gasteiger partial charge in [-0.3, -0.25) is 9.00 Å². The predicted octanol–water partition coefficient (Wildman–Crippen LogP) is 0.417. The average Bonchev–Trinajstić information content (AvgIpc) is 2.66. The van der Waals surface area contributed by atoms with E-state index in [0.29, 0.717) is 26.2 Å². The van der Waals surface area contributed by atoms with Crippen molar-refractivity contribution in [1.82, 2.24) is 15.1 Å². The summed E-state index contributed by atoms with van der Waals surface area (Å²) < 4.78 is 16.9. The molecular weight excluding hydrogens is 378 g/mol. The molecule has 1 unspecified atom stereocenters. The second-order valence-electron chi connectivity index (χ2n) is 7.39. The molecule has 3 aliphatic rings. The van der Waals surface area contributed by atoms with Crippen molar-refractivity contribution in [3.63, 3.8) is 0 Å². The third-order valence-corrected chi connectivity index (χ3v) is 6.29. The lowest BCUT2D eigenvalue weighted by molar-refractivity contribution is -0.139. The van der Waals surface area contributed by atoms with Gasteiger partial charge in [-0.15, -0.1) is 0 Å². The Morgan fingerprint density at radius 2 is 1.96 bits per heavy atom. The molecule has 3 atom stereocenters. The normalized spacial score (nSPS) is 25.7. The van der Waals surface area contributed by atoms with Gasteiger partial charge in [0.15, 0.2) is 0 Å². The van der Waals surface area contributed by atoms with E-state index in [1.807, 2.05) is 24.3 Å². The van der Waals surface area contributed by atoms with E-state index in [1.165, 1.54) is 0 Å². The summed E-state index contributed by atoms with van der Waals surface area (Å²) in [5.41, 5.74) is 0.883. The lowest BCUT2D eigenvalue weighted by Gasteiger charge is -2.45. The number of nitrogens with zero attached hydrogens (tertiary/aromatic N) is 2. The number of fused-ring (bicyclic) bond motifs is 1. The summed E-state index contributed by atoms with van der Waals surface area (Å²) in [5, 5.41) is 2.92. The van der Waals surface area contributed by atoms with Crippen LogP contribution in [0.4, 0.5) is 4.79 Å². The van der Waals surface area contributed by atoms with E-state index in [-0.39, 0.29) is 36.6 Å². The number of morpholine rings is 1. The van der Waals surface area contributed by atoms with E-state index in [0.717, 1.165) is 16.9 Å². The van der Waals surface area contributed by atoms with E-state index in [9.17, 15) is 13.8 Å². The Hall–Kier alpha value is -2.37. The van der Waals surface area contributed by atoms with Gasteiger partial charge in [0.2, 0.25) is 5.91 Å². The molecule has 7 nitrogen and oxygen atoms in total. The third kappa shape index (κ3) is 4.05. The highest BCUT2D eigenvalue weighted by molar-refractivity contribution is 7.84. The molecule has 8 heteroatoms. The number of carbonyl (C=O) groups is 2. The monoisotopic (exact) mass is 401 g/mol. The molecule has 0 spiro atoms. The first kappa shape index (κ1) is 19.0. The van der Waals surface area contributed by atoms with Crippen LogP contribution in [-0.4, -0.2) is 77.1 Å². The Bertz CT molecular complexity index is 854. The van der Waals surface area contributed by atoms with Crippen molar-refractivity contribution < 1.29 is 18.5 Å². The summed E-state index contributed by atoms with van der Waals surface area (Å²) in [5.74, 6) is 6.39. The van der Waals surface area contributed by atoms with Crippen LogP contribution in [0.15, 0.2) is 29.2 Å². The summed E-state index contributed by atoms with van der Waals surface area (Å²) in [6.07, 6.45) is 2.40.